The number of amides is 1. The van der Waals surface area contributed by atoms with E-state index in [1.807, 2.05) is 53.4 Å². The lowest BCUT2D eigenvalue weighted by atomic mass is 10.0. The Morgan fingerprint density at radius 3 is 2.70 bits per heavy atom. The van der Waals surface area contributed by atoms with Crippen molar-refractivity contribution in [3.8, 4) is 0 Å². The van der Waals surface area contributed by atoms with Crippen LogP contribution in [0.15, 0.2) is 48.5 Å². The molecule has 4 nitrogen and oxygen atoms in total. The molecule has 0 saturated heterocycles. The minimum absolute atomic E-state index is 0.0142. The molecule has 1 N–H and O–H groups in total. The number of fused-ring (bicyclic) bond motifs is 1. The van der Waals surface area contributed by atoms with Crippen LogP contribution in [0, 0.1) is 0 Å². The summed E-state index contributed by atoms with van der Waals surface area (Å²) in [6.45, 7) is 1.21. The van der Waals surface area contributed by atoms with Crippen LogP contribution in [0.2, 0.25) is 5.02 Å². The van der Waals surface area contributed by atoms with E-state index in [9.17, 15) is 4.79 Å². The van der Waals surface area contributed by atoms with Crippen molar-refractivity contribution in [1.82, 2.24) is 4.90 Å². The van der Waals surface area contributed by atoms with E-state index >= 15 is 0 Å². The first-order chi connectivity index (χ1) is 11.2. The molecule has 2 aromatic rings. The lowest BCUT2D eigenvalue weighted by Gasteiger charge is -2.38. The average molecular weight is 331 g/mol. The molecule has 0 aromatic heterocycles. The van der Waals surface area contributed by atoms with E-state index in [0.717, 1.165) is 17.7 Å². The number of rotatable bonds is 5. The van der Waals surface area contributed by atoms with Gasteiger partial charge in [0.25, 0.3) is 5.91 Å². The van der Waals surface area contributed by atoms with E-state index in [1.165, 1.54) is 0 Å². The fraction of sp³-hybridized carbons (Fsp3) is 0.278. The zero-order valence-corrected chi connectivity index (χ0v) is 13.7. The molecule has 1 atom stereocenters. The van der Waals surface area contributed by atoms with Crippen LogP contribution in [0.5, 0.6) is 0 Å². The predicted molar refractivity (Wildman–Crippen MR) is 91.8 cm³/mol. The van der Waals surface area contributed by atoms with Crippen molar-refractivity contribution in [2.45, 2.75) is 12.6 Å². The third kappa shape index (κ3) is 3.19. The van der Waals surface area contributed by atoms with E-state index in [2.05, 4.69) is 5.32 Å². The maximum Gasteiger partial charge on any atom is 0.257 e. The van der Waals surface area contributed by atoms with Crippen molar-refractivity contribution in [2.24, 2.45) is 0 Å². The maximum atomic E-state index is 12.9. The Labute approximate surface area is 141 Å². The standard InChI is InChI=1S/C18H19ClN2O2/c1-23-12-6-11-21-17(13-7-2-4-9-15(13)19)20-16-10-5-3-8-14(16)18(21)22/h2-5,7-10,17,20H,6,11-12H2,1H3. The highest BCUT2D eigenvalue weighted by Gasteiger charge is 2.33. The minimum atomic E-state index is -0.275. The molecular weight excluding hydrogens is 312 g/mol. The summed E-state index contributed by atoms with van der Waals surface area (Å²) in [7, 11) is 1.66. The number of para-hydroxylation sites is 1. The van der Waals surface area contributed by atoms with Crippen molar-refractivity contribution < 1.29 is 9.53 Å². The van der Waals surface area contributed by atoms with E-state index in [4.69, 9.17) is 16.3 Å². The van der Waals surface area contributed by atoms with Gasteiger partial charge in [-0.1, -0.05) is 41.9 Å². The van der Waals surface area contributed by atoms with Gasteiger partial charge in [-0.25, -0.2) is 0 Å². The van der Waals surface area contributed by atoms with Crippen LogP contribution < -0.4 is 5.32 Å². The van der Waals surface area contributed by atoms with E-state index in [1.54, 1.807) is 7.11 Å². The molecule has 3 rings (SSSR count). The Hall–Kier alpha value is -2.04. The van der Waals surface area contributed by atoms with Gasteiger partial charge in [0.15, 0.2) is 0 Å². The van der Waals surface area contributed by atoms with Crippen molar-refractivity contribution >= 4 is 23.2 Å². The quantitative estimate of drug-likeness (QED) is 0.844. The van der Waals surface area contributed by atoms with Gasteiger partial charge in [-0.3, -0.25) is 4.79 Å². The highest BCUT2D eigenvalue weighted by atomic mass is 35.5. The van der Waals surface area contributed by atoms with Gasteiger partial charge in [0.1, 0.15) is 6.17 Å². The molecule has 2 aromatic carbocycles. The SMILES string of the molecule is COCCCN1C(=O)c2ccccc2NC1c1ccccc1Cl. The first-order valence-electron chi connectivity index (χ1n) is 7.62. The number of carbonyl (C=O) groups is 1. The number of benzene rings is 2. The van der Waals surface area contributed by atoms with Crippen molar-refractivity contribution in [2.75, 3.05) is 25.6 Å². The first-order valence-corrected chi connectivity index (χ1v) is 8.00. The summed E-state index contributed by atoms with van der Waals surface area (Å²) in [5, 5.41) is 4.09. The number of halogens is 1. The summed E-state index contributed by atoms with van der Waals surface area (Å²) < 4.78 is 5.12. The second kappa shape index (κ2) is 7.02. The number of hydrogen-bond acceptors (Lipinski definition) is 3. The topological polar surface area (TPSA) is 41.6 Å². The summed E-state index contributed by atoms with van der Waals surface area (Å²) in [5.41, 5.74) is 2.42. The Bertz CT molecular complexity index is 705. The van der Waals surface area contributed by atoms with Crippen LogP contribution in [0.4, 0.5) is 5.69 Å². The number of hydrogen-bond donors (Lipinski definition) is 1. The van der Waals surface area contributed by atoms with Crippen LogP contribution in [0.3, 0.4) is 0 Å². The third-order valence-electron chi connectivity index (χ3n) is 3.97. The molecule has 1 aliphatic rings. The third-order valence-corrected chi connectivity index (χ3v) is 4.31. The van der Waals surface area contributed by atoms with Gasteiger partial charge in [-0.2, -0.15) is 0 Å². The Kier molecular flexibility index (Phi) is 4.84. The van der Waals surface area contributed by atoms with Gasteiger partial charge in [-0.15, -0.1) is 0 Å². The molecular formula is C18H19ClN2O2. The molecule has 1 unspecified atom stereocenters. The first kappa shape index (κ1) is 15.8. The number of methoxy groups -OCH3 is 1. The molecule has 23 heavy (non-hydrogen) atoms. The summed E-state index contributed by atoms with van der Waals surface area (Å²) in [6, 6.07) is 15.2. The van der Waals surface area contributed by atoms with E-state index in [-0.39, 0.29) is 12.1 Å². The molecule has 0 radical (unpaired) electrons. The molecule has 1 aliphatic heterocycles. The number of nitrogens with zero attached hydrogens (tertiary/aromatic N) is 1. The summed E-state index contributed by atoms with van der Waals surface area (Å²) in [6.07, 6.45) is 0.496. The molecule has 1 heterocycles. The molecule has 120 valence electrons. The Morgan fingerprint density at radius 1 is 1.17 bits per heavy atom. The molecule has 0 saturated carbocycles. The van der Waals surface area contributed by atoms with Crippen LogP contribution in [0.25, 0.3) is 0 Å². The largest absolute Gasteiger partial charge is 0.385 e. The van der Waals surface area contributed by atoms with E-state index in [0.29, 0.717) is 23.7 Å². The number of anilines is 1. The second-order valence-electron chi connectivity index (χ2n) is 5.46. The van der Waals surface area contributed by atoms with Crippen LogP contribution in [0.1, 0.15) is 28.5 Å². The molecule has 1 amide bonds. The molecule has 0 bridgehead atoms. The van der Waals surface area contributed by atoms with Crippen molar-refractivity contribution in [1.29, 1.82) is 0 Å². The van der Waals surface area contributed by atoms with Gasteiger partial charge < -0.3 is 15.0 Å². The Balaban J connectivity index is 1.98. The van der Waals surface area contributed by atoms with Gasteiger partial charge in [0.05, 0.1) is 5.56 Å². The lowest BCUT2D eigenvalue weighted by Crippen LogP contribution is -2.43. The van der Waals surface area contributed by atoms with Gasteiger partial charge in [0.2, 0.25) is 0 Å². The maximum absolute atomic E-state index is 12.9. The van der Waals surface area contributed by atoms with Gasteiger partial charge in [-0.05, 0) is 24.6 Å². The zero-order valence-electron chi connectivity index (χ0n) is 13.0. The molecule has 5 heteroatoms. The highest BCUT2D eigenvalue weighted by molar-refractivity contribution is 6.31. The fourth-order valence-electron chi connectivity index (χ4n) is 2.85. The second-order valence-corrected chi connectivity index (χ2v) is 5.87. The number of nitrogens with one attached hydrogen (secondary N) is 1. The molecule has 0 fully saturated rings. The van der Waals surface area contributed by atoms with Crippen LogP contribution in [-0.2, 0) is 4.74 Å². The summed E-state index contributed by atoms with van der Waals surface area (Å²) in [5.74, 6) is 0.0142. The predicted octanol–water partition coefficient (Wildman–Crippen LogP) is 3.94. The number of carbonyl (C=O) groups excluding carboxylic acids is 1. The fourth-order valence-corrected chi connectivity index (χ4v) is 3.08. The Morgan fingerprint density at radius 2 is 1.91 bits per heavy atom. The summed E-state index contributed by atoms with van der Waals surface area (Å²) >= 11 is 6.36. The molecule has 0 aliphatic carbocycles. The van der Waals surface area contributed by atoms with Gasteiger partial charge >= 0.3 is 0 Å². The normalized spacial score (nSPS) is 16.9. The lowest BCUT2D eigenvalue weighted by molar-refractivity contribution is 0.0660. The van der Waals surface area contributed by atoms with Crippen molar-refractivity contribution in [3.05, 3.63) is 64.7 Å². The van der Waals surface area contributed by atoms with Crippen LogP contribution in [-0.4, -0.2) is 31.1 Å². The van der Waals surface area contributed by atoms with Gasteiger partial charge in [0, 0.05) is 36.5 Å². The minimum Gasteiger partial charge on any atom is -0.385 e. The average Bonchev–Trinajstić information content (AvgIpc) is 2.57. The molecule has 0 spiro atoms. The zero-order chi connectivity index (χ0) is 16.2. The summed E-state index contributed by atoms with van der Waals surface area (Å²) in [4.78, 5) is 14.7. The van der Waals surface area contributed by atoms with Crippen LogP contribution >= 0.6 is 11.6 Å². The highest BCUT2D eigenvalue weighted by Crippen LogP contribution is 2.35. The van der Waals surface area contributed by atoms with E-state index < -0.39 is 0 Å². The smallest absolute Gasteiger partial charge is 0.257 e. The number of ether oxygens (including phenoxy) is 1. The van der Waals surface area contributed by atoms with Crippen molar-refractivity contribution in [3.63, 3.8) is 0 Å². The monoisotopic (exact) mass is 330 g/mol.